The van der Waals surface area contributed by atoms with E-state index >= 15 is 0 Å². The van der Waals surface area contributed by atoms with Gasteiger partial charge in [0.2, 0.25) is 0 Å². The van der Waals surface area contributed by atoms with Crippen LogP contribution in [0.2, 0.25) is 0 Å². The second kappa shape index (κ2) is 5.65. The van der Waals surface area contributed by atoms with Crippen LogP contribution in [0, 0.1) is 12.8 Å². The van der Waals surface area contributed by atoms with E-state index in [4.69, 9.17) is 4.74 Å². The molecule has 0 aromatic heterocycles. The molecule has 17 heavy (non-hydrogen) atoms. The Labute approximate surface area is 105 Å². The maximum absolute atomic E-state index is 12.0. The number of methoxy groups -OCH3 is 1. The zero-order valence-electron chi connectivity index (χ0n) is 10.4. The van der Waals surface area contributed by atoms with E-state index in [2.05, 4.69) is 11.4 Å². The summed E-state index contributed by atoms with van der Waals surface area (Å²) in [5.74, 6) is 2.83. The highest BCUT2D eigenvalue weighted by Crippen LogP contribution is 2.22. The Bertz CT molecular complexity index is 416. The van der Waals surface area contributed by atoms with Crippen molar-refractivity contribution in [1.82, 2.24) is 5.32 Å². The minimum atomic E-state index is -0.790. The summed E-state index contributed by atoms with van der Waals surface area (Å²) >= 11 is 0. The van der Waals surface area contributed by atoms with Gasteiger partial charge in [0.15, 0.2) is 0 Å². The molecule has 94 valence electrons. The molecule has 1 saturated heterocycles. The van der Waals surface area contributed by atoms with Gasteiger partial charge in [0.25, 0.3) is 0 Å². The fraction of sp³-hybridized carbons (Fsp3) is 0.538. The fourth-order valence-electron chi connectivity index (χ4n) is 1.98. The number of rotatable bonds is 5. The summed E-state index contributed by atoms with van der Waals surface area (Å²) in [5, 5.41) is 3.20. The highest BCUT2D eigenvalue weighted by atomic mass is 32.2. The second-order valence-electron chi connectivity index (χ2n) is 4.59. The van der Waals surface area contributed by atoms with Crippen molar-refractivity contribution < 1.29 is 8.95 Å². The van der Waals surface area contributed by atoms with E-state index in [1.165, 1.54) is 5.56 Å². The molecule has 1 fully saturated rings. The first kappa shape index (κ1) is 12.6. The van der Waals surface area contributed by atoms with Crippen molar-refractivity contribution in [2.24, 2.45) is 5.92 Å². The molecule has 0 spiro atoms. The Morgan fingerprint density at radius 3 is 2.82 bits per heavy atom. The van der Waals surface area contributed by atoms with Crippen molar-refractivity contribution >= 4 is 10.8 Å². The summed E-state index contributed by atoms with van der Waals surface area (Å²) in [4.78, 5) is 0. The molecule has 1 aromatic carbocycles. The lowest BCUT2D eigenvalue weighted by Crippen LogP contribution is -2.44. The van der Waals surface area contributed by atoms with Crippen LogP contribution in [0.25, 0.3) is 0 Å². The highest BCUT2D eigenvalue weighted by Gasteiger charge is 2.20. The third-order valence-electron chi connectivity index (χ3n) is 3.04. The van der Waals surface area contributed by atoms with Crippen LogP contribution in [-0.2, 0) is 16.6 Å². The van der Waals surface area contributed by atoms with Crippen molar-refractivity contribution in [2.75, 3.05) is 26.0 Å². The van der Waals surface area contributed by atoms with Crippen LogP contribution in [0.4, 0.5) is 0 Å². The molecule has 2 rings (SSSR count). The number of ether oxygens (including phenoxy) is 1. The molecule has 1 N–H and O–H groups in total. The second-order valence-corrected chi connectivity index (χ2v) is 6.09. The lowest BCUT2D eigenvalue weighted by Gasteiger charge is -2.26. The number of hydrogen-bond donors (Lipinski definition) is 1. The van der Waals surface area contributed by atoms with Crippen molar-refractivity contribution in [2.45, 2.75) is 12.7 Å². The Morgan fingerprint density at radius 2 is 2.24 bits per heavy atom. The Kier molecular flexibility index (Phi) is 4.18. The van der Waals surface area contributed by atoms with Crippen molar-refractivity contribution in [3.63, 3.8) is 0 Å². The first-order valence-electron chi connectivity index (χ1n) is 5.88. The quantitative estimate of drug-likeness (QED) is 0.863. The monoisotopic (exact) mass is 253 g/mol. The number of hydrogen-bond acceptors (Lipinski definition) is 3. The van der Waals surface area contributed by atoms with Gasteiger partial charge in [-0.05, 0) is 18.9 Å². The molecule has 1 aliphatic rings. The normalized spacial score (nSPS) is 17.5. The fourth-order valence-corrected chi connectivity index (χ4v) is 3.43. The summed E-state index contributed by atoms with van der Waals surface area (Å²) in [6.07, 6.45) is 0. The SMILES string of the molecule is COc1ccc(C)cc1CS(=O)CC1CNC1. The summed E-state index contributed by atoms with van der Waals surface area (Å²) in [6.45, 7) is 4.06. The predicted molar refractivity (Wildman–Crippen MR) is 70.8 cm³/mol. The Hall–Kier alpha value is -0.870. The van der Waals surface area contributed by atoms with Gasteiger partial charge in [-0.3, -0.25) is 4.21 Å². The van der Waals surface area contributed by atoms with Gasteiger partial charge in [-0.2, -0.15) is 0 Å². The molecule has 1 heterocycles. The molecule has 0 bridgehead atoms. The van der Waals surface area contributed by atoms with Crippen LogP contribution >= 0.6 is 0 Å². The predicted octanol–water partition coefficient (Wildman–Crippen LogP) is 1.47. The Morgan fingerprint density at radius 1 is 1.47 bits per heavy atom. The van der Waals surface area contributed by atoms with E-state index in [-0.39, 0.29) is 0 Å². The minimum Gasteiger partial charge on any atom is -0.496 e. The van der Waals surface area contributed by atoms with Crippen molar-refractivity contribution in [3.05, 3.63) is 29.3 Å². The van der Waals surface area contributed by atoms with Gasteiger partial charge < -0.3 is 10.1 Å². The van der Waals surface area contributed by atoms with Gasteiger partial charge in [-0.1, -0.05) is 17.7 Å². The van der Waals surface area contributed by atoms with Gasteiger partial charge >= 0.3 is 0 Å². The van der Waals surface area contributed by atoms with E-state index in [1.54, 1.807) is 7.11 Å². The van der Waals surface area contributed by atoms with E-state index in [0.29, 0.717) is 11.7 Å². The molecule has 3 nitrogen and oxygen atoms in total. The third-order valence-corrected chi connectivity index (χ3v) is 4.52. The van der Waals surface area contributed by atoms with Crippen LogP contribution in [0.1, 0.15) is 11.1 Å². The molecule has 1 unspecified atom stereocenters. The van der Waals surface area contributed by atoms with Crippen molar-refractivity contribution in [3.8, 4) is 5.75 Å². The van der Waals surface area contributed by atoms with Crippen LogP contribution in [0.5, 0.6) is 5.75 Å². The molecule has 0 radical (unpaired) electrons. The lowest BCUT2D eigenvalue weighted by molar-refractivity contribution is 0.382. The summed E-state index contributed by atoms with van der Waals surface area (Å²) in [7, 11) is 0.870. The first-order chi connectivity index (χ1) is 8.19. The molecular formula is C13H19NO2S. The molecule has 1 aromatic rings. The zero-order valence-corrected chi connectivity index (χ0v) is 11.2. The first-order valence-corrected chi connectivity index (χ1v) is 7.37. The topological polar surface area (TPSA) is 38.3 Å². The van der Waals surface area contributed by atoms with E-state index in [9.17, 15) is 4.21 Å². The average Bonchev–Trinajstić information content (AvgIpc) is 2.24. The van der Waals surface area contributed by atoms with Gasteiger partial charge in [0.05, 0.1) is 12.9 Å². The smallest absolute Gasteiger partial charge is 0.123 e. The molecule has 1 aliphatic heterocycles. The van der Waals surface area contributed by atoms with Gasteiger partial charge in [0, 0.05) is 35.2 Å². The van der Waals surface area contributed by atoms with Gasteiger partial charge in [-0.15, -0.1) is 0 Å². The van der Waals surface area contributed by atoms with Crippen LogP contribution < -0.4 is 10.1 Å². The van der Waals surface area contributed by atoms with Gasteiger partial charge in [0.1, 0.15) is 5.75 Å². The van der Waals surface area contributed by atoms with E-state index in [0.717, 1.165) is 30.2 Å². The van der Waals surface area contributed by atoms with Crippen molar-refractivity contribution in [1.29, 1.82) is 0 Å². The van der Waals surface area contributed by atoms with Gasteiger partial charge in [-0.25, -0.2) is 0 Å². The number of benzene rings is 1. The highest BCUT2D eigenvalue weighted by molar-refractivity contribution is 7.84. The maximum Gasteiger partial charge on any atom is 0.123 e. The van der Waals surface area contributed by atoms with E-state index in [1.807, 2.05) is 19.1 Å². The lowest BCUT2D eigenvalue weighted by atomic mass is 10.1. The minimum absolute atomic E-state index is 0.589. The molecule has 1 atom stereocenters. The summed E-state index contributed by atoms with van der Waals surface area (Å²) < 4.78 is 17.3. The summed E-state index contributed by atoms with van der Waals surface area (Å²) in [6, 6.07) is 6.03. The summed E-state index contributed by atoms with van der Waals surface area (Å²) in [5.41, 5.74) is 2.24. The number of aryl methyl sites for hydroxylation is 1. The van der Waals surface area contributed by atoms with Crippen LogP contribution in [-0.4, -0.2) is 30.2 Å². The molecule has 4 heteroatoms. The van der Waals surface area contributed by atoms with E-state index < -0.39 is 10.8 Å². The maximum atomic E-state index is 12.0. The Balaban J connectivity index is 2.00. The van der Waals surface area contributed by atoms with Crippen LogP contribution in [0.3, 0.4) is 0 Å². The standard InChI is InChI=1S/C13H19NO2S/c1-10-3-4-13(16-2)12(5-10)9-17(15)8-11-6-14-7-11/h3-5,11,14H,6-9H2,1-2H3. The third kappa shape index (κ3) is 3.30. The molecular weight excluding hydrogens is 234 g/mol. The largest absolute Gasteiger partial charge is 0.496 e. The molecule has 0 saturated carbocycles. The molecule has 0 amide bonds. The van der Waals surface area contributed by atoms with Crippen LogP contribution in [0.15, 0.2) is 18.2 Å². The zero-order chi connectivity index (χ0) is 12.3. The number of nitrogens with one attached hydrogen (secondary N) is 1. The average molecular weight is 253 g/mol. The molecule has 0 aliphatic carbocycles.